The molecule has 242 valence electrons. The second-order valence-corrected chi connectivity index (χ2v) is 15.1. The van der Waals surface area contributed by atoms with E-state index in [9.17, 15) is 27.7 Å². The van der Waals surface area contributed by atoms with Gasteiger partial charge in [-0.15, -0.1) is 11.3 Å². The zero-order chi connectivity index (χ0) is 32.7. The van der Waals surface area contributed by atoms with Crippen LogP contribution in [0.5, 0.6) is 0 Å². The normalized spacial score (nSPS) is 20.3. The Morgan fingerprint density at radius 2 is 1.82 bits per heavy atom. The second-order valence-electron chi connectivity index (χ2n) is 12.3. The largest absolute Gasteiger partial charge is 0.399 e. The first-order valence-electron chi connectivity index (χ1n) is 14.5. The van der Waals surface area contributed by atoms with Crippen LogP contribution in [0.4, 0.5) is 8.78 Å². The summed E-state index contributed by atoms with van der Waals surface area (Å²) in [5.74, 6) is -1.17. The maximum atomic E-state index is 14.3. The number of aromatic nitrogens is 1. The lowest BCUT2D eigenvalue weighted by Crippen LogP contribution is -2.58. The molecule has 2 aliphatic heterocycles. The summed E-state index contributed by atoms with van der Waals surface area (Å²) in [6.45, 7) is 6.84. The molecule has 4 heterocycles. The van der Waals surface area contributed by atoms with Gasteiger partial charge in [-0.3, -0.25) is 23.9 Å². The number of fused-ring (bicyclic) bond motifs is 1. The number of thiophene rings is 1. The summed E-state index contributed by atoms with van der Waals surface area (Å²) < 4.78 is 46.2. The Morgan fingerprint density at radius 3 is 2.49 bits per heavy atom. The van der Waals surface area contributed by atoms with Gasteiger partial charge in [-0.1, -0.05) is 26.8 Å². The van der Waals surface area contributed by atoms with Gasteiger partial charge in [-0.25, -0.2) is 0 Å². The first-order valence-corrected chi connectivity index (χ1v) is 16.9. The third-order valence-electron chi connectivity index (χ3n) is 8.12. The highest BCUT2D eigenvalue weighted by Gasteiger charge is 2.50. The molecule has 3 aromatic rings. The molecule has 15 heteroatoms. The van der Waals surface area contributed by atoms with Gasteiger partial charge in [-0.05, 0) is 59.5 Å². The highest BCUT2D eigenvalue weighted by Crippen LogP contribution is 2.59. The van der Waals surface area contributed by atoms with Crippen LogP contribution in [0.3, 0.4) is 0 Å². The summed E-state index contributed by atoms with van der Waals surface area (Å²) in [4.78, 5) is 66.8. The van der Waals surface area contributed by atoms with E-state index in [1.165, 1.54) is 17.0 Å². The van der Waals surface area contributed by atoms with Crippen LogP contribution >= 0.6 is 18.9 Å². The molecule has 3 amide bonds. The number of rotatable bonds is 7. The number of amides is 3. The van der Waals surface area contributed by atoms with E-state index in [0.717, 1.165) is 29.0 Å². The second kappa shape index (κ2) is 12.5. The van der Waals surface area contributed by atoms with E-state index in [4.69, 9.17) is 14.5 Å². The number of carbonyl (C=O) groups excluding carboxylic acids is 3. The Hall–Kier alpha value is -3.29. The smallest absolute Gasteiger partial charge is 0.370 e. The van der Waals surface area contributed by atoms with Crippen molar-refractivity contribution in [2.75, 3.05) is 26.2 Å². The highest BCUT2D eigenvalue weighted by molar-refractivity contribution is 7.52. The van der Waals surface area contributed by atoms with Gasteiger partial charge in [0.1, 0.15) is 18.2 Å². The summed E-state index contributed by atoms with van der Waals surface area (Å²) >= 11 is 0.999. The first kappa shape index (κ1) is 33.1. The predicted octanol–water partition coefficient (Wildman–Crippen LogP) is 4.26. The van der Waals surface area contributed by atoms with E-state index in [1.807, 2.05) is 12.1 Å². The Morgan fingerprint density at radius 1 is 1.11 bits per heavy atom. The number of nitrogens with zero attached hydrogens (tertiary/aromatic N) is 3. The van der Waals surface area contributed by atoms with E-state index in [2.05, 4.69) is 10.3 Å². The van der Waals surface area contributed by atoms with Crippen LogP contribution in [0.25, 0.3) is 10.1 Å². The third kappa shape index (κ3) is 6.80. The van der Waals surface area contributed by atoms with E-state index in [1.54, 1.807) is 38.1 Å². The zero-order valence-electron chi connectivity index (χ0n) is 25.0. The van der Waals surface area contributed by atoms with Crippen molar-refractivity contribution in [3.63, 3.8) is 0 Å². The van der Waals surface area contributed by atoms with E-state index >= 15 is 0 Å². The fraction of sp³-hybridized carbons (Fsp3) is 0.467. The molecular formula is C30H35F2N4O7PS. The fourth-order valence-corrected chi connectivity index (χ4v) is 7.08. The number of alkyl halides is 2. The summed E-state index contributed by atoms with van der Waals surface area (Å²) in [5.41, 5.74) is -5.10. The van der Waals surface area contributed by atoms with Crippen molar-refractivity contribution in [1.29, 1.82) is 0 Å². The monoisotopic (exact) mass is 664 g/mol. The van der Waals surface area contributed by atoms with Crippen LogP contribution in [0.15, 0.2) is 48.8 Å². The molecule has 3 N–H and O–H groups in total. The Balaban J connectivity index is 1.32. The minimum atomic E-state index is -5.77. The number of hydrogen-bond acceptors (Lipinski definition) is 7. The standard InChI is InChI=1S/C30H35F2N4O7PS/c1-29(2,3)25(34-26(37)24-16-19-15-20(6-7-23(19)45-24)30(31,32)44(40,41)42)28(39)36-12-4-5-21(36)27(38)35-13-14-43-22(17-35)18-8-10-33-11-9-18/h6-11,15-16,21-22,25H,4-5,12-14,17H2,1-3H3,(H,34,37)(H2,40,41,42)/t21-,22?,25?/m0/s1. The van der Waals surface area contributed by atoms with Crippen molar-refractivity contribution in [2.24, 2.45) is 5.41 Å². The van der Waals surface area contributed by atoms with Gasteiger partial charge >= 0.3 is 13.3 Å². The number of hydrogen-bond donors (Lipinski definition) is 3. The molecule has 5 rings (SSSR count). The molecule has 0 saturated carbocycles. The molecule has 2 saturated heterocycles. The molecule has 0 radical (unpaired) electrons. The van der Waals surface area contributed by atoms with Crippen molar-refractivity contribution in [2.45, 2.75) is 57.5 Å². The first-order chi connectivity index (χ1) is 21.1. The fourth-order valence-electron chi connectivity index (χ4n) is 5.65. The lowest BCUT2D eigenvalue weighted by Gasteiger charge is -2.38. The quantitative estimate of drug-likeness (QED) is 0.318. The van der Waals surface area contributed by atoms with Gasteiger partial charge in [0.15, 0.2) is 0 Å². The Kier molecular flexibility index (Phi) is 9.18. The molecule has 1 aromatic carbocycles. The van der Waals surface area contributed by atoms with Crippen LogP contribution in [-0.4, -0.2) is 80.6 Å². The zero-order valence-corrected chi connectivity index (χ0v) is 26.7. The van der Waals surface area contributed by atoms with E-state index < -0.39 is 48.1 Å². The molecule has 3 atom stereocenters. The van der Waals surface area contributed by atoms with E-state index in [-0.39, 0.29) is 22.3 Å². The van der Waals surface area contributed by atoms with E-state index in [0.29, 0.717) is 43.8 Å². The molecule has 2 fully saturated rings. The van der Waals surface area contributed by atoms with Crippen LogP contribution in [0.2, 0.25) is 0 Å². The van der Waals surface area contributed by atoms with Crippen LogP contribution in [-0.2, 0) is 24.6 Å². The van der Waals surface area contributed by atoms with Gasteiger partial charge < -0.3 is 29.6 Å². The maximum Gasteiger partial charge on any atom is 0.399 e. The number of likely N-dealkylation sites (tertiary alicyclic amines) is 1. The SMILES string of the molecule is CC(C)(C)C(NC(=O)c1cc2cc(C(F)(F)P(=O)(O)O)ccc2s1)C(=O)N1CCC[C@H]1C(=O)N1CCOC(c2ccncc2)C1. The van der Waals surface area contributed by atoms with Crippen molar-refractivity contribution >= 4 is 46.7 Å². The molecule has 2 aliphatic rings. The predicted molar refractivity (Wildman–Crippen MR) is 163 cm³/mol. The molecule has 11 nitrogen and oxygen atoms in total. The number of ether oxygens (including phenoxy) is 1. The van der Waals surface area contributed by atoms with Crippen LogP contribution in [0.1, 0.15) is 60.5 Å². The molecule has 0 aliphatic carbocycles. The molecule has 2 aromatic heterocycles. The minimum absolute atomic E-state index is 0.133. The number of benzene rings is 1. The lowest BCUT2D eigenvalue weighted by molar-refractivity contribution is -0.150. The van der Waals surface area contributed by atoms with Gasteiger partial charge in [0, 0.05) is 35.7 Å². The summed E-state index contributed by atoms with van der Waals surface area (Å²) in [6, 6.07) is 6.47. The average molecular weight is 665 g/mol. The van der Waals surface area contributed by atoms with Gasteiger partial charge in [0.2, 0.25) is 11.8 Å². The van der Waals surface area contributed by atoms with Gasteiger partial charge in [-0.2, -0.15) is 8.78 Å². The molecule has 0 bridgehead atoms. The number of nitrogens with one attached hydrogen (secondary N) is 1. The number of morpholine rings is 1. The van der Waals surface area contributed by atoms with Crippen LogP contribution < -0.4 is 5.32 Å². The Bertz CT molecular complexity index is 1640. The van der Waals surface area contributed by atoms with Gasteiger partial charge in [0.05, 0.1) is 18.0 Å². The summed E-state index contributed by atoms with van der Waals surface area (Å²) in [7, 11) is -5.77. The molecular weight excluding hydrogens is 629 g/mol. The average Bonchev–Trinajstić information content (AvgIpc) is 3.66. The molecule has 0 spiro atoms. The summed E-state index contributed by atoms with van der Waals surface area (Å²) in [6.07, 6.45) is 4.14. The van der Waals surface area contributed by atoms with Crippen molar-refractivity contribution < 1.29 is 42.3 Å². The number of halogens is 2. The topological polar surface area (TPSA) is 149 Å². The number of pyridine rings is 1. The third-order valence-corrected chi connectivity index (χ3v) is 10.2. The highest BCUT2D eigenvalue weighted by atomic mass is 32.1. The summed E-state index contributed by atoms with van der Waals surface area (Å²) in [5, 5.41) is 3.01. The number of carbonyl (C=O) groups is 3. The lowest BCUT2D eigenvalue weighted by atomic mass is 9.85. The molecule has 2 unspecified atom stereocenters. The maximum absolute atomic E-state index is 14.3. The van der Waals surface area contributed by atoms with Crippen LogP contribution in [0, 0.1) is 5.41 Å². The van der Waals surface area contributed by atoms with Crippen molar-refractivity contribution in [3.05, 3.63) is 64.8 Å². The van der Waals surface area contributed by atoms with Gasteiger partial charge in [0.25, 0.3) is 5.91 Å². The molecule has 45 heavy (non-hydrogen) atoms. The minimum Gasteiger partial charge on any atom is -0.370 e. The van der Waals surface area contributed by atoms with Crippen molar-refractivity contribution in [1.82, 2.24) is 20.1 Å². The Labute approximate surface area is 262 Å². The van der Waals surface area contributed by atoms with Crippen molar-refractivity contribution in [3.8, 4) is 0 Å².